The number of fused-ring (bicyclic) bond motifs is 2. The third-order valence-corrected chi connectivity index (χ3v) is 6.51. The first-order valence-electron chi connectivity index (χ1n) is 10.2. The highest BCUT2D eigenvalue weighted by Crippen LogP contribution is 2.35. The summed E-state index contributed by atoms with van der Waals surface area (Å²) in [6.07, 6.45) is 9.05. The Morgan fingerprint density at radius 1 is 1.15 bits per heavy atom. The maximum atomic E-state index is 13.0. The summed E-state index contributed by atoms with van der Waals surface area (Å²) in [5, 5.41) is 0. The number of likely N-dealkylation sites (tertiary alicyclic amines) is 1. The molecule has 1 aromatic rings. The van der Waals surface area contributed by atoms with Crippen molar-refractivity contribution in [2.75, 3.05) is 13.1 Å². The lowest BCUT2D eigenvalue weighted by atomic mass is 9.78. The largest absolute Gasteiger partial charge is 0.338 e. The molecule has 2 fully saturated rings. The van der Waals surface area contributed by atoms with Crippen molar-refractivity contribution < 1.29 is 9.59 Å². The topological polar surface area (TPSA) is 75.5 Å². The molecule has 1 aliphatic carbocycles. The number of aromatic nitrogens is 2. The van der Waals surface area contributed by atoms with Gasteiger partial charge < -0.3 is 9.80 Å². The van der Waals surface area contributed by atoms with Crippen LogP contribution in [-0.4, -0.2) is 50.3 Å². The maximum Gasteiger partial charge on any atom is 0.257 e. The van der Waals surface area contributed by atoms with E-state index in [2.05, 4.69) is 4.98 Å². The molecule has 0 unspecified atom stereocenters. The molecule has 1 saturated carbocycles. The first kappa shape index (κ1) is 18.2. The molecule has 4 rings (SSSR count). The van der Waals surface area contributed by atoms with Crippen LogP contribution in [0.15, 0.2) is 11.1 Å². The first-order valence-corrected chi connectivity index (χ1v) is 10.2. The lowest BCUT2D eigenvalue weighted by Crippen LogP contribution is -2.51. The van der Waals surface area contributed by atoms with Crippen LogP contribution in [0.5, 0.6) is 0 Å². The molecule has 1 aromatic heterocycles. The second-order valence-electron chi connectivity index (χ2n) is 8.13. The minimum absolute atomic E-state index is 0.00561. The summed E-state index contributed by atoms with van der Waals surface area (Å²) in [5.74, 6) is 0.665. The highest BCUT2D eigenvalue weighted by atomic mass is 16.2. The molecular formula is C20H28N4O3. The third-order valence-electron chi connectivity index (χ3n) is 6.51. The molecule has 2 atom stereocenters. The van der Waals surface area contributed by atoms with E-state index < -0.39 is 0 Å². The molecule has 0 radical (unpaired) electrons. The average molecular weight is 372 g/mol. The molecule has 3 aliphatic rings. The van der Waals surface area contributed by atoms with Crippen molar-refractivity contribution in [1.29, 1.82) is 0 Å². The van der Waals surface area contributed by atoms with Crippen LogP contribution in [0.25, 0.3) is 0 Å². The molecular weight excluding hydrogens is 344 g/mol. The molecule has 7 nitrogen and oxygen atoms in total. The summed E-state index contributed by atoms with van der Waals surface area (Å²) in [7, 11) is 0. The van der Waals surface area contributed by atoms with Crippen LogP contribution in [0.3, 0.4) is 0 Å². The van der Waals surface area contributed by atoms with Crippen LogP contribution >= 0.6 is 0 Å². The molecule has 7 heteroatoms. The van der Waals surface area contributed by atoms with Gasteiger partial charge in [-0.15, -0.1) is 0 Å². The molecule has 3 heterocycles. The van der Waals surface area contributed by atoms with E-state index in [0.29, 0.717) is 42.7 Å². The van der Waals surface area contributed by atoms with Gasteiger partial charge in [-0.2, -0.15) is 0 Å². The molecule has 0 aromatic carbocycles. The lowest BCUT2D eigenvalue weighted by molar-refractivity contribution is -0.138. The second kappa shape index (κ2) is 7.44. The highest BCUT2D eigenvalue weighted by Gasteiger charge is 2.35. The number of rotatable bonds is 2. The fourth-order valence-corrected chi connectivity index (χ4v) is 5.01. The smallest absolute Gasteiger partial charge is 0.257 e. The monoisotopic (exact) mass is 372 g/mol. The summed E-state index contributed by atoms with van der Waals surface area (Å²) >= 11 is 0. The molecule has 2 amide bonds. The molecule has 2 aliphatic heterocycles. The van der Waals surface area contributed by atoms with Gasteiger partial charge in [0.15, 0.2) is 0 Å². The Hall–Kier alpha value is -2.18. The Kier molecular flexibility index (Phi) is 5.02. The van der Waals surface area contributed by atoms with Gasteiger partial charge in [0.1, 0.15) is 6.54 Å². The summed E-state index contributed by atoms with van der Waals surface area (Å²) in [4.78, 5) is 45.5. The van der Waals surface area contributed by atoms with Crippen LogP contribution in [0.2, 0.25) is 0 Å². The maximum absolute atomic E-state index is 13.0. The summed E-state index contributed by atoms with van der Waals surface area (Å²) in [5.41, 5.74) is 1.18. The zero-order chi connectivity index (χ0) is 19.0. The first-order chi connectivity index (χ1) is 13.0. The van der Waals surface area contributed by atoms with Gasteiger partial charge in [0, 0.05) is 31.6 Å². The third kappa shape index (κ3) is 3.51. The van der Waals surface area contributed by atoms with Gasteiger partial charge in [-0.3, -0.25) is 19.0 Å². The number of nitrogens with zero attached hydrogens (tertiary/aromatic N) is 4. The summed E-state index contributed by atoms with van der Waals surface area (Å²) in [6.45, 7) is 3.32. The van der Waals surface area contributed by atoms with Gasteiger partial charge in [-0.1, -0.05) is 12.8 Å². The molecule has 0 spiro atoms. The SMILES string of the molecule is CC(=O)N1CCc2c(ncn(CC(=O)N3CCC[C@@H]4CCCC[C@H]43)c2=O)C1. The van der Waals surface area contributed by atoms with E-state index in [4.69, 9.17) is 0 Å². The van der Waals surface area contributed by atoms with Crippen LogP contribution < -0.4 is 5.56 Å². The van der Waals surface area contributed by atoms with Crippen molar-refractivity contribution in [1.82, 2.24) is 19.4 Å². The Bertz CT molecular complexity index is 801. The van der Waals surface area contributed by atoms with E-state index in [-0.39, 0.29) is 23.9 Å². The summed E-state index contributed by atoms with van der Waals surface area (Å²) in [6, 6.07) is 0.352. The lowest BCUT2D eigenvalue weighted by Gasteiger charge is -2.44. The minimum atomic E-state index is -0.131. The van der Waals surface area contributed by atoms with Crippen LogP contribution in [-0.2, 0) is 29.1 Å². The van der Waals surface area contributed by atoms with E-state index in [1.54, 1.807) is 4.90 Å². The van der Waals surface area contributed by atoms with E-state index in [9.17, 15) is 14.4 Å². The average Bonchev–Trinajstić information content (AvgIpc) is 2.69. The van der Waals surface area contributed by atoms with Gasteiger partial charge in [-0.05, 0) is 38.0 Å². The van der Waals surface area contributed by atoms with Gasteiger partial charge in [0.2, 0.25) is 11.8 Å². The highest BCUT2D eigenvalue weighted by molar-refractivity contribution is 5.76. The molecule has 146 valence electrons. The fraction of sp³-hybridized carbons (Fsp3) is 0.700. The zero-order valence-corrected chi connectivity index (χ0v) is 16.0. The number of hydrogen-bond donors (Lipinski definition) is 0. The van der Waals surface area contributed by atoms with Crippen molar-refractivity contribution in [3.8, 4) is 0 Å². The molecule has 1 saturated heterocycles. The summed E-state index contributed by atoms with van der Waals surface area (Å²) < 4.78 is 1.46. The second-order valence-corrected chi connectivity index (χ2v) is 8.13. The van der Waals surface area contributed by atoms with Gasteiger partial charge >= 0.3 is 0 Å². The Morgan fingerprint density at radius 3 is 2.74 bits per heavy atom. The molecule has 0 N–H and O–H groups in total. The van der Waals surface area contributed by atoms with Crippen molar-refractivity contribution in [3.63, 3.8) is 0 Å². The number of carbonyl (C=O) groups is 2. The van der Waals surface area contributed by atoms with Crippen LogP contribution in [0, 0.1) is 5.92 Å². The van der Waals surface area contributed by atoms with Crippen molar-refractivity contribution in [2.24, 2.45) is 5.92 Å². The minimum Gasteiger partial charge on any atom is -0.338 e. The van der Waals surface area contributed by atoms with E-state index >= 15 is 0 Å². The molecule has 0 bridgehead atoms. The predicted octanol–water partition coefficient (Wildman–Crippen LogP) is 1.33. The predicted molar refractivity (Wildman–Crippen MR) is 100.0 cm³/mol. The number of amides is 2. The van der Waals surface area contributed by atoms with Crippen molar-refractivity contribution in [2.45, 2.75) is 71.0 Å². The van der Waals surface area contributed by atoms with Gasteiger partial charge in [-0.25, -0.2) is 4.98 Å². The number of hydrogen-bond acceptors (Lipinski definition) is 4. The van der Waals surface area contributed by atoms with Crippen LogP contribution in [0.4, 0.5) is 0 Å². The zero-order valence-electron chi connectivity index (χ0n) is 16.0. The van der Waals surface area contributed by atoms with Gasteiger partial charge in [0.05, 0.1) is 18.6 Å². The Balaban J connectivity index is 1.50. The van der Waals surface area contributed by atoms with Crippen LogP contribution in [0.1, 0.15) is 56.7 Å². The van der Waals surface area contributed by atoms with E-state index in [1.165, 1.54) is 43.5 Å². The van der Waals surface area contributed by atoms with E-state index in [1.807, 2.05) is 4.90 Å². The van der Waals surface area contributed by atoms with Crippen molar-refractivity contribution in [3.05, 3.63) is 27.9 Å². The normalized spacial score (nSPS) is 24.9. The number of carbonyl (C=O) groups excluding carboxylic acids is 2. The Labute approximate surface area is 159 Å². The van der Waals surface area contributed by atoms with E-state index in [0.717, 1.165) is 19.4 Å². The Morgan fingerprint density at radius 2 is 1.93 bits per heavy atom. The number of piperidine rings is 1. The standard InChI is InChI=1S/C20H28N4O3/c1-14(25)22-10-8-16-17(11-22)21-13-23(20(16)27)12-19(26)24-9-4-6-15-5-2-3-7-18(15)24/h13,15,18H,2-12H2,1H3/t15-,18+/m0/s1. The van der Waals surface area contributed by atoms with Crippen molar-refractivity contribution >= 4 is 11.8 Å². The fourth-order valence-electron chi connectivity index (χ4n) is 5.01. The van der Waals surface area contributed by atoms with Gasteiger partial charge in [0.25, 0.3) is 5.56 Å². The molecule has 27 heavy (non-hydrogen) atoms. The quantitative estimate of drug-likeness (QED) is 0.785.